The lowest BCUT2D eigenvalue weighted by atomic mass is 10.3. The van der Waals surface area contributed by atoms with Crippen molar-refractivity contribution in [3.63, 3.8) is 0 Å². The lowest BCUT2D eigenvalue weighted by Gasteiger charge is -1.89. The van der Waals surface area contributed by atoms with Gasteiger partial charge in [-0.2, -0.15) is 0 Å². The molecule has 0 saturated carbocycles. The Bertz CT molecular complexity index is 238. The van der Waals surface area contributed by atoms with Crippen LogP contribution in [0.4, 0.5) is 5.69 Å². The molecular weight excluding hydrogens is 172 g/mol. The number of aromatic hydroxyl groups is 1. The van der Waals surface area contributed by atoms with E-state index >= 15 is 0 Å². The van der Waals surface area contributed by atoms with Gasteiger partial charge >= 0.3 is 5.97 Å². The Labute approximate surface area is 75.6 Å². The van der Waals surface area contributed by atoms with Gasteiger partial charge in [0.05, 0.1) is 6.54 Å². The Morgan fingerprint density at radius 2 is 1.69 bits per heavy atom. The first-order valence-electron chi connectivity index (χ1n) is 3.52. The molecule has 5 nitrogen and oxygen atoms in total. The van der Waals surface area contributed by atoms with Gasteiger partial charge < -0.3 is 21.7 Å². The summed E-state index contributed by atoms with van der Waals surface area (Å²) in [5, 5.41) is 16.3. The number of phenolic OH excluding ortho intramolecular Hbond substituents is 1. The predicted molar refractivity (Wildman–Crippen MR) is 49.2 cm³/mol. The van der Waals surface area contributed by atoms with Gasteiger partial charge in [-0.3, -0.25) is 4.79 Å². The van der Waals surface area contributed by atoms with Crippen molar-refractivity contribution < 1.29 is 15.0 Å². The van der Waals surface area contributed by atoms with Crippen LogP contribution in [-0.4, -0.2) is 22.7 Å². The summed E-state index contributed by atoms with van der Waals surface area (Å²) in [6.07, 6.45) is 0. The van der Waals surface area contributed by atoms with Crippen molar-refractivity contribution in [1.82, 2.24) is 0 Å². The number of carbonyl (C=O) groups is 1. The van der Waals surface area contributed by atoms with E-state index in [4.69, 9.17) is 15.9 Å². The summed E-state index contributed by atoms with van der Waals surface area (Å²) >= 11 is 0. The van der Waals surface area contributed by atoms with Gasteiger partial charge in [0.25, 0.3) is 0 Å². The van der Waals surface area contributed by atoms with Gasteiger partial charge in [-0.25, -0.2) is 0 Å². The summed E-state index contributed by atoms with van der Waals surface area (Å²) in [4.78, 5) is 9.24. The topological polar surface area (TPSA) is 110 Å². The number of hydrogen-bond donors (Lipinski definition) is 4. The number of carboxylic acids is 1. The number of anilines is 1. The Kier molecular flexibility index (Phi) is 5.06. The number of benzene rings is 1. The third-order valence-corrected chi connectivity index (χ3v) is 1.07. The summed E-state index contributed by atoms with van der Waals surface area (Å²) in [7, 11) is 0. The summed E-state index contributed by atoms with van der Waals surface area (Å²) in [5.41, 5.74) is 10.6. The standard InChI is InChI=1S/C6H7NO.C2H5NO2/c7-5-1-3-6(8)4-2-5;3-1-2(4)5/h1-4,8H,7H2;1,3H2,(H,4,5). The van der Waals surface area contributed by atoms with Crippen molar-refractivity contribution >= 4 is 11.7 Å². The van der Waals surface area contributed by atoms with Gasteiger partial charge in [-0.15, -0.1) is 0 Å². The molecule has 0 aliphatic heterocycles. The van der Waals surface area contributed by atoms with Crippen LogP contribution in [0.2, 0.25) is 0 Å². The normalized spacial score (nSPS) is 8.38. The minimum absolute atomic E-state index is 0.249. The first-order valence-corrected chi connectivity index (χ1v) is 3.52. The van der Waals surface area contributed by atoms with Crippen molar-refractivity contribution in [1.29, 1.82) is 0 Å². The molecule has 13 heavy (non-hydrogen) atoms. The zero-order valence-corrected chi connectivity index (χ0v) is 6.97. The zero-order valence-electron chi connectivity index (χ0n) is 6.97. The molecule has 0 unspecified atom stereocenters. The number of rotatable bonds is 1. The monoisotopic (exact) mass is 184 g/mol. The average Bonchev–Trinajstić information content (AvgIpc) is 2.11. The lowest BCUT2D eigenvalue weighted by molar-refractivity contribution is -0.135. The molecule has 0 aliphatic rings. The number of nitrogens with two attached hydrogens (primary N) is 2. The smallest absolute Gasteiger partial charge is 0.317 e. The van der Waals surface area contributed by atoms with E-state index in [0.717, 1.165) is 0 Å². The third kappa shape index (κ3) is 6.64. The first-order chi connectivity index (χ1) is 6.06. The lowest BCUT2D eigenvalue weighted by Crippen LogP contribution is -2.10. The predicted octanol–water partition coefficient (Wildman–Crippen LogP) is 0.00410. The molecular formula is C8H12N2O3. The molecule has 0 aliphatic carbocycles. The van der Waals surface area contributed by atoms with Crippen molar-refractivity contribution in [2.75, 3.05) is 12.3 Å². The van der Waals surface area contributed by atoms with E-state index in [9.17, 15) is 4.79 Å². The number of aliphatic carboxylic acids is 1. The van der Waals surface area contributed by atoms with E-state index in [1.165, 1.54) is 0 Å². The molecule has 0 atom stereocenters. The second kappa shape index (κ2) is 5.84. The van der Waals surface area contributed by atoms with Crippen LogP contribution in [0.15, 0.2) is 24.3 Å². The van der Waals surface area contributed by atoms with Crippen molar-refractivity contribution in [2.45, 2.75) is 0 Å². The van der Waals surface area contributed by atoms with Crippen LogP contribution in [0.3, 0.4) is 0 Å². The SMILES string of the molecule is NCC(=O)O.Nc1ccc(O)cc1. The molecule has 0 bridgehead atoms. The molecule has 0 aromatic heterocycles. The molecule has 0 fully saturated rings. The highest BCUT2D eigenvalue weighted by molar-refractivity contribution is 5.68. The van der Waals surface area contributed by atoms with Gasteiger partial charge in [0.1, 0.15) is 5.75 Å². The number of hydrogen-bond acceptors (Lipinski definition) is 4. The van der Waals surface area contributed by atoms with Gasteiger partial charge in [-0.1, -0.05) is 0 Å². The van der Waals surface area contributed by atoms with Crippen LogP contribution in [0.25, 0.3) is 0 Å². The second-order valence-corrected chi connectivity index (χ2v) is 2.19. The second-order valence-electron chi connectivity index (χ2n) is 2.19. The fourth-order valence-electron chi connectivity index (χ4n) is 0.474. The maximum atomic E-state index is 9.24. The number of phenols is 1. The van der Waals surface area contributed by atoms with Crippen LogP contribution in [0.5, 0.6) is 5.75 Å². The minimum atomic E-state index is -0.968. The highest BCUT2D eigenvalue weighted by Gasteiger charge is 1.82. The van der Waals surface area contributed by atoms with Gasteiger partial charge in [0.2, 0.25) is 0 Å². The van der Waals surface area contributed by atoms with Crippen LogP contribution in [0, 0.1) is 0 Å². The van der Waals surface area contributed by atoms with E-state index < -0.39 is 5.97 Å². The fraction of sp³-hybridized carbons (Fsp3) is 0.125. The van der Waals surface area contributed by atoms with Gasteiger partial charge in [-0.05, 0) is 24.3 Å². The fourth-order valence-corrected chi connectivity index (χ4v) is 0.474. The Morgan fingerprint density at radius 3 is 1.92 bits per heavy atom. The van der Waals surface area contributed by atoms with Gasteiger partial charge in [0, 0.05) is 5.69 Å². The Balaban J connectivity index is 0.000000252. The molecule has 1 aromatic rings. The van der Waals surface area contributed by atoms with Crippen molar-refractivity contribution in [3.8, 4) is 5.75 Å². The van der Waals surface area contributed by atoms with Crippen LogP contribution in [0.1, 0.15) is 0 Å². The Hall–Kier alpha value is -1.75. The third-order valence-electron chi connectivity index (χ3n) is 1.07. The quantitative estimate of drug-likeness (QED) is 0.363. The molecule has 1 aromatic carbocycles. The minimum Gasteiger partial charge on any atom is -0.508 e. The zero-order chi connectivity index (χ0) is 10.3. The van der Waals surface area contributed by atoms with E-state index in [-0.39, 0.29) is 12.3 Å². The summed E-state index contributed by atoms with van der Waals surface area (Å²) in [6, 6.07) is 6.40. The molecule has 0 spiro atoms. The molecule has 6 N–H and O–H groups in total. The molecule has 72 valence electrons. The van der Waals surface area contributed by atoms with E-state index in [2.05, 4.69) is 5.73 Å². The van der Waals surface area contributed by atoms with Crippen LogP contribution in [-0.2, 0) is 4.79 Å². The maximum absolute atomic E-state index is 9.24. The summed E-state index contributed by atoms with van der Waals surface area (Å²) in [6.45, 7) is -0.278. The van der Waals surface area contributed by atoms with Crippen LogP contribution >= 0.6 is 0 Å². The highest BCUT2D eigenvalue weighted by atomic mass is 16.4. The molecule has 5 heteroatoms. The molecule has 0 radical (unpaired) electrons. The molecule has 0 saturated heterocycles. The van der Waals surface area contributed by atoms with Gasteiger partial charge in [0.15, 0.2) is 0 Å². The molecule has 1 rings (SSSR count). The summed E-state index contributed by atoms with van der Waals surface area (Å²) in [5.74, 6) is -0.718. The van der Waals surface area contributed by atoms with Crippen LogP contribution < -0.4 is 11.5 Å². The van der Waals surface area contributed by atoms with Crippen molar-refractivity contribution in [3.05, 3.63) is 24.3 Å². The van der Waals surface area contributed by atoms with E-state index in [1.54, 1.807) is 24.3 Å². The molecule has 0 heterocycles. The highest BCUT2D eigenvalue weighted by Crippen LogP contribution is 2.09. The number of carboxylic acid groups (broad SMARTS) is 1. The largest absolute Gasteiger partial charge is 0.508 e. The number of nitrogen functional groups attached to an aromatic ring is 1. The van der Waals surface area contributed by atoms with Crippen molar-refractivity contribution in [2.24, 2.45) is 5.73 Å². The van der Waals surface area contributed by atoms with E-state index in [1.807, 2.05) is 0 Å². The molecule has 0 amide bonds. The Morgan fingerprint density at radius 1 is 1.31 bits per heavy atom. The average molecular weight is 184 g/mol. The van der Waals surface area contributed by atoms with E-state index in [0.29, 0.717) is 5.69 Å². The summed E-state index contributed by atoms with van der Waals surface area (Å²) < 4.78 is 0. The maximum Gasteiger partial charge on any atom is 0.317 e. The first kappa shape index (κ1) is 11.2.